The monoisotopic (exact) mass is 414 g/mol. The van der Waals surface area contributed by atoms with Crippen LogP contribution in [-0.2, 0) is 10.0 Å². The predicted molar refractivity (Wildman–Crippen MR) is 109 cm³/mol. The third kappa shape index (κ3) is 6.42. The summed E-state index contributed by atoms with van der Waals surface area (Å²) in [5.41, 5.74) is 0.219. The molecule has 1 unspecified atom stereocenters. The van der Waals surface area contributed by atoms with Crippen LogP contribution in [0.1, 0.15) is 44.8 Å². The Kier molecular flexibility index (Phi) is 8.65. The number of guanidine groups is 1. The molecule has 1 aromatic rings. The molecular formula is C19H31FN4O3S. The van der Waals surface area contributed by atoms with E-state index in [1.54, 1.807) is 22.5 Å². The third-order valence-electron chi connectivity index (χ3n) is 4.68. The molecular weight excluding hydrogens is 383 g/mol. The maximum Gasteiger partial charge on any atom is 0.214 e. The van der Waals surface area contributed by atoms with E-state index in [0.717, 1.165) is 0 Å². The summed E-state index contributed by atoms with van der Waals surface area (Å²) in [4.78, 5) is 4.37. The van der Waals surface area contributed by atoms with Gasteiger partial charge in [-0.3, -0.25) is 4.99 Å². The molecule has 1 fully saturated rings. The van der Waals surface area contributed by atoms with E-state index in [4.69, 9.17) is 0 Å². The van der Waals surface area contributed by atoms with Crippen molar-refractivity contribution in [3.05, 3.63) is 35.6 Å². The van der Waals surface area contributed by atoms with E-state index < -0.39 is 21.9 Å². The molecule has 28 heavy (non-hydrogen) atoms. The van der Waals surface area contributed by atoms with E-state index in [1.165, 1.54) is 6.07 Å². The molecule has 7 nitrogen and oxygen atoms in total. The van der Waals surface area contributed by atoms with E-state index in [2.05, 4.69) is 15.6 Å². The highest BCUT2D eigenvalue weighted by Crippen LogP contribution is 2.17. The third-order valence-corrected chi connectivity index (χ3v) is 6.76. The first kappa shape index (κ1) is 22.6. The van der Waals surface area contributed by atoms with Crippen molar-refractivity contribution < 1.29 is 17.9 Å². The van der Waals surface area contributed by atoms with Crippen molar-refractivity contribution in [2.75, 3.05) is 31.9 Å². The minimum absolute atomic E-state index is 0.0278. The first-order chi connectivity index (χ1) is 13.4. The van der Waals surface area contributed by atoms with Crippen molar-refractivity contribution >= 4 is 16.0 Å². The predicted octanol–water partition coefficient (Wildman–Crippen LogP) is 1.62. The van der Waals surface area contributed by atoms with Gasteiger partial charge in [-0.2, -0.15) is 0 Å². The van der Waals surface area contributed by atoms with E-state index >= 15 is 0 Å². The molecule has 9 heteroatoms. The van der Waals surface area contributed by atoms with Crippen LogP contribution in [0.2, 0.25) is 0 Å². The van der Waals surface area contributed by atoms with Gasteiger partial charge in [0, 0.05) is 31.2 Å². The fourth-order valence-electron chi connectivity index (χ4n) is 3.20. The molecule has 0 radical (unpaired) electrons. The van der Waals surface area contributed by atoms with E-state index in [9.17, 15) is 17.9 Å². The average Bonchev–Trinajstić information content (AvgIpc) is 2.67. The van der Waals surface area contributed by atoms with Crippen LogP contribution in [0.3, 0.4) is 0 Å². The lowest BCUT2D eigenvalue weighted by atomic mass is 10.1. The Morgan fingerprint density at radius 3 is 2.61 bits per heavy atom. The number of hydrogen-bond donors (Lipinski definition) is 3. The largest absolute Gasteiger partial charge is 0.386 e. The normalized spacial score (nSPS) is 18.1. The second kappa shape index (κ2) is 10.7. The Morgan fingerprint density at radius 1 is 1.32 bits per heavy atom. The molecule has 1 heterocycles. The standard InChI is InChI=1S/C19H31FN4O3S/c1-3-13-28(26,27)24-11-9-15(10-12-24)23-19(21-4-2)22-14-18(25)16-7-5-6-8-17(16)20/h5-8,15,18,25H,3-4,9-14H2,1-2H3,(H2,21,22,23). The quantitative estimate of drug-likeness (QED) is 0.444. The van der Waals surface area contributed by atoms with Gasteiger partial charge in [0.05, 0.1) is 12.3 Å². The van der Waals surface area contributed by atoms with E-state index in [1.807, 2.05) is 13.8 Å². The maximum absolute atomic E-state index is 13.8. The molecule has 0 aliphatic carbocycles. The van der Waals surface area contributed by atoms with Crippen molar-refractivity contribution in [3.8, 4) is 0 Å². The van der Waals surface area contributed by atoms with Gasteiger partial charge in [-0.25, -0.2) is 17.1 Å². The number of aliphatic imine (C=N–C) groups is 1. The highest BCUT2D eigenvalue weighted by atomic mass is 32.2. The van der Waals surface area contributed by atoms with Gasteiger partial charge in [-0.05, 0) is 32.3 Å². The van der Waals surface area contributed by atoms with Crippen molar-refractivity contribution in [1.29, 1.82) is 0 Å². The number of aliphatic hydroxyl groups excluding tert-OH is 1. The van der Waals surface area contributed by atoms with Crippen LogP contribution >= 0.6 is 0 Å². The lowest BCUT2D eigenvalue weighted by Gasteiger charge is -2.32. The molecule has 0 spiro atoms. The second-order valence-electron chi connectivity index (χ2n) is 6.89. The average molecular weight is 415 g/mol. The number of aliphatic hydroxyl groups is 1. The number of benzene rings is 1. The van der Waals surface area contributed by atoms with Gasteiger partial charge in [0.15, 0.2) is 5.96 Å². The summed E-state index contributed by atoms with van der Waals surface area (Å²) in [5.74, 6) is 0.264. The molecule has 0 amide bonds. The summed E-state index contributed by atoms with van der Waals surface area (Å²) in [5, 5.41) is 16.6. The number of sulfonamides is 1. The van der Waals surface area contributed by atoms with Gasteiger partial charge < -0.3 is 15.7 Å². The molecule has 158 valence electrons. The molecule has 1 atom stereocenters. The van der Waals surface area contributed by atoms with E-state index in [-0.39, 0.29) is 23.9 Å². The van der Waals surface area contributed by atoms with Gasteiger partial charge >= 0.3 is 0 Å². The number of piperidine rings is 1. The van der Waals surface area contributed by atoms with Crippen LogP contribution < -0.4 is 10.6 Å². The summed E-state index contributed by atoms with van der Waals surface area (Å²) < 4.78 is 39.7. The van der Waals surface area contributed by atoms with Gasteiger partial charge in [-0.15, -0.1) is 0 Å². The summed E-state index contributed by atoms with van der Waals surface area (Å²) in [6, 6.07) is 6.20. The molecule has 3 N–H and O–H groups in total. The fourth-order valence-corrected chi connectivity index (χ4v) is 4.74. The summed E-state index contributed by atoms with van der Waals surface area (Å²) >= 11 is 0. The molecule has 0 aromatic heterocycles. The number of nitrogens with zero attached hydrogens (tertiary/aromatic N) is 2. The van der Waals surface area contributed by atoms with Crippen LogP contribution in [0, 0.1) is 5.82 Å². The minimum Gasteiger partial charge on any atom is -0.386 e. The smallest absolute Gasteiger partial charge is 0.214 e. The van der Waals surface area contributed by atoms with Crippen LogP contribution in [-0.4, -0.2) is 61.8 Å². The topological polar surface area (TPSA) is 94.0 Å². The molecule has 1 saturated heterocycles. The Labute approximate surface area is 167 Å². The molecule has 1 aliphatic rings. The maximum atomic E-state index is 13.8. The zero-order valence-corrected chi connectivity index (χ0v) is 17.4. The van der Waals surface area contributed by atoms with Crippen molar-refractivity contribution in [1.82, 2.24) is 14.9 Å². The Morgan fingerprint density at radius 2 is 2.00 bits per heavy atom. The van der Waals surface area contributed by atoms with Gasteiger partial charge in [-0.1, -0.05) is 25.1 Å². The second-order valence-corrected chi connectivity index (χ2v) is 8.98. The van der Waals surface area contributed by atoms with Gasteiger partial charge in [0.2, 0.25) is 10.0 Å². The Hall–Kier alpha value is -1.71. The molecule has 1 aromatic carbocycles. The molecule has 2 rings (SSSR count). The molecule has 0 saturated carbocycles. The van der Waals surface area contributed by atoms with Crippen LogP contribution in [0.4, 0.5) is 4.39 Å². The summed E-state index contributed by atoms with van der Waals surface area (Å²) in [7, 11) is -3.16. The number of halogens is 1. The first-order valence-electron chi connectivity index (χ1n) is 9.82. The van der Waals surface area contributed by atoms with Crippen LogP contribution in [0.25, 0.3) is 0 Å². The van der Waals surface area contributed by atoms with Crippen molar-refractivity contribution in [2.45, 2.75) is 45.3 Å². The van der Waals surface area contributed by atoms with Gasteiger partial charge in [0.25, 0.3) is 0 Å². The van der Waals surface area contributed by atoms with Crippen LogP contribution in [0.15, 0.2) is 29.3 Å². The highest BCUT2D eigenvalue weighted by molar-refractivity contribution is 7.89. The van der Waals surface area contributed by atoms with Crippen LogP contribution in [0.5, 0.6) is 0 Å². The minimum atomic E-state index is -3.16. The number of nitrogens with one attached hydrogen (secondary N) is 2. The zero-order valence-electron chi connectivity index (χ0n) is 16.6. The molecule has 0 bridgehead atoms. The molecule has 1 aliphatic heterocycles. The summed E-state index contributed by atoms with van der Waals surface area (Å²) in [6.45, 7) is 5.44. The lowest BCUT2D eigenvalue weighted by molar-refractivity contribution is 0.182. The van der Waals surface area contributed by atoms with E-state index in [0.29, 0.717) is 44.9 Å². The van der Waals surface area contributed by atoms with Crippen molar-refractivity contribution in [2.24, 2.45) is 4.99 Å². The zero-order chi connectivity index (χ0) is 20.6. The highest BCUT2D eigenvalue weighted by Gasteiger charge is 2.27. The number of hydrogen-bond acceptors (Lipinski definition) is 4. The lowest BCUT2D eigenvalue weighted by Crippen LogP contribution is -2.50. The Balaban J connectivity index is 1.92. The summed E-state index contributed by atoms with van der Waals surface area (Å²) in [6.07, 6.45) is 0.951. The first-order valence-corrected chi connectivity index (χ1v) is 11.4. The Bertz CT molecular complexity index is 749. The number of rotatable bonds is 8. The SMILES string of the molecule is CCCS(=O)(=O)N1CCC(NC(=NCC(O)c2ccccc2F)NCC)CC1. The van der Waals surface area contributed by atoms with Gasteiger partial charge in [0.1, 0.15) is 11.9 Å². The van der Waals surface area contributed by atoms with Crippen molar-refractivity contribution in [3.63, 3.8) is 0 Å². The fraction of sp³-hybridized carbons (Fsp3) is 0.632.